The molecule has 0 heterocycles. The molecule has 0 aliphatic carbocycles. The zero-order valence-electron chi connectivity index (χ0n) is 10.2. The van der Waals surface area contributed by atoms with E-state index in [1.165, 1.54) is 31.4 Å². The van der Waals surface area contributed by atoms with E-state index in [9.17, 15) is 9.59 Å². The quantitative estimate of drug-likeness (QED) is 0.704. The van der Waals surface area contributed by atoms with Gasteiger partial charge in [0.2, 0.25) is 0 Å². The molecule has 0 saturated carbocycles. The fourth-order valence-corrected chi connectivity index (χ4v) is 1.02. The van der Waals surface area contributed by atoms with Crippen molar-refractivity contribution in [2.45, 2.75) is 19.6 Å². The Bertz CT molecular complexity index is 364. The van der Waals surface area contributed by atoms with Crippen molar-refractivity contribution in [3.05, 3.63) is 35.4 Å². The Kier molecular flexibility index (Phi) is 7.34. The number of rotatable bonds is 4. The van der Waals surface area contributed by atoms with Gasteiger partial charge in [0, 0.05) is 7.11 Å². The smallest absolute Gasteiger partial charge is 0.336 e. The summed E-state index contributed by atoms with van der Waals surface area (Å²) >= 11 is 0. The fraction of sp³-hybridized carbons (Fsp3) is 0.333. The molecule has 1 aromatic rings. The van der Waals surface area contributed by atoms with Crippen molar-refractivity contribution >= 4 is 11.9 Å². The third-order valence-corrected chi connectivity index (χ3v) is 2.01. The van der Waals surface area contributed by atoms with E-state index in [4.69, 9.17) is 15.3 Å². The van der Waals surface area contributed by atoms with Gasteiger partial charge in [-0.05, 0) is 18.6 Å². The van der Waals surface area contributed by atoms with Gasteiger partial charge in [0.05, 0.1) is 11.1 Å². The highest BCUT2D eigenvalue weighted by atomic mass is 16.6. The van der Waals surface area contributed by atoms with E-state index in [1.807, 2.05) is 6.92 Å². The zero-order valence-corrected chi connectivity index (χ0v) is 10.2. The predicted molar refractivity (Wildman–Crippen MR) is 63.7 cm³/mol. The van der Waals surface area contributed by atoms with Crippen molar-refractivity contribution in [2.75, 3.05) is 7.11 Å². The molecule has 0 aliphatic heterocycles. The van der Waals surface area contributed by atoms with Gasteiger partial charge in [0.15, 0.2) is 6.29 Å². The average Bonchev–Trinajstić information content (AvgIpc) is 2.38. The van der Waals surface area contributed by atoms with Gasteiger partial charge >= 0.3 is 11.9 Å². The number of ether oxygens (including phenoxy) is 1. The molecule has 0 aromatic heterocycles. The van der Waals surface area contributed by atoms with Crippen molar-refractivity contribution in [1.82, 2.24) is 0 Å². The van der Waals surface area contributed by atoms with Gasteiger partial charge in [-0.2, -0.15) is 0 Å². The Balaban J connectivity index is 0.000000411. The van der Waals surface area contributed by atoms with Crippen molar-refractivity contribution in [2.24, 2.45) is 0 Å². The maximum atomic E-state index is 10.5. The predicted octanol–water partition coefficient (Wildman–Crippen LogP) is 1.44. The molecule has 0 amide bonds. The maximum absolute atomic E-state index is 10.5. The van der Waals surface area contributed by atoms with Crippen LogP contribution in [-0.4, -0.2) is 40.7 Å². The molecule has 6 heteroatoms. The lowest BCUT2D eigenvalue weighted by Gasteiger charge is -2.00. The molecule has 0 aliphatic rings. The molecule has 1 rings (SSSR count). The highest BCUT2D eigenvalue weighted by molar-refractivity contribution is 6.01. The van der Waals surface area contributed by atoms with Crippen LogP contribution in [-0.2, 0) is 4.74 Å². The second kappa shape index (κ2) is 8.21. The fourth-order valence-electron chi connectivity index (χ4n) is 1.02. The molecule has 0 fully saturated rings. The minimum absolute atomic E-state index is 0.190. The normalized spacial score (nSPS) is 11.1. The summed E-state index contributed by atoms with van der Waals surface area (Å²) in [5, 5.41) is 25.5. The minimum atomic E-state index is -1.23. The number of carbonyl (C=O) groups is 2. The molecular weight excluding hydrogens is 240 g/mol. The van der Waals surface area contributed by atoms with Gasteiger partial charge in [0.25, 0.3) is 0 Å². The molecule has 1 aromatic carbocycles. The number of carboxylic acids is 2. The zero-order chi connectivity index (χ0) is 14.1. The number of hydrogen-bond donors (Lipinski definition) is 3. The van der Waals surface area contributed by atoms with Gasteiger partial charge < -0.3 is 20.1 Å². The number of aliphatic hydroxyl groups excluding tert-OH is 1. The third kappa shape index (κ3) is 5.42. The van der Waals surface area contributed by atoms with Crippen LogP contribution in [0.5, 0.6) is 0 Å². The summed E-state index contributed by atoms with van der Waals surface area (Å²) in [5.41, 5.74) is -0.380. The second-order valence-electron chi connectivity index (χ2n) is 3.25. The Morgan fingerprint density at radius 3 is 1.72 bits per heavy atom. The van der Waals surface area contributed by atoms with Gasteiger partial charge in [-0.15, -0.1) is 0 Å². The molecule has 100 valence electrons. The van der Waals surface area contributed by atoms with Gasteiger partial charge in [0.1, 0.15) is 0 Å². The first-order chi connectivity index (χ1) is 8.43. The molecule has 1 atom stereocenters. The first-order valence-corrected chi connectivity index (χ1v) is 5.20. The molecule has 0 radical (unpaired) electrons. The summed E-state index contributed by atoms with van der Waals surface area (Å²) in [4.78, 5) is 20.9. The van der Waals surface area contributed by atoms with Crippen molar-refractivity contribution in [1.29, 1.82) is 0 Å². The number of carboxylic acid groups (broad SMARTS) is 2. The SMILES string of the molecule is CCC(O)OC.O=C(O)c1ccccc1C(=O)O. The molecule has 1 unspecified atom stereocenters. The van der Waals surface area contributed by atoms with Crippen LogP contribution in [0.1, 0.15) is 34.1 Å². The van der Waals surface area contributed by atoms with Gasteiger partial charge in [-0.1, -0.05) is 19.1 Å². The van der Waals surface area contributed by atoms with Crippen molar-refractivity contribution in [3.8, 4) is 0 Å². The number of methoxy groups -OCH3 is 1. The lowest BCUT2D eigenvalue weighted by molar-refractivity contribution is -0.0748. The molecule has 0 saturated heterocycles. The Morgan fingerprint density at radius 2 is 1.56 bits per heavy atom. The number of hydrogen-bond acceptors (Lipinski definition) is 4. The summed E-state index contributed by atoms with van der Waals surface area (Å²) < 4.78 is 4.45. The first-order valence-electron chi connectivity index (χ1n) is 5.20. The van der Waals surface area contributed by atoms with Gasteiger partial charge in [-0.3, -0.25) is 0 Å². The summed E-state index contributed by atoms with van der Waals surface area (Å²) in [7, 11) is 1.48. The molecule has 0 bridgehead atoms. The van der Waals surface area contributed by atoms with E-state index in [0.29, 0.717) is 6.42 Å². The van der Waals surface area contributed by atoms with Crippen LogP contribution >= 0.6 is 0 Å². The monoisotopic (exact) mass is 256 g/mol. The summed E-state index contributed by atoms with van der Waals surface area (Å²) in [6, 6.07) is 5.48. The van der Waals surface area contributed by atoms with E-state index in [2.05, 4.69) is 4.74 Å². The Labute approximate surface area is 104 Å². The van der Waals surface area contributed by atoms with Gasteiger partial charge in [-0.25, -0.2) is 9.59 Å². The van der Waals surface area contributed by atoms with Crippen molar-refractivity contribution < 1.29 is 29.6 Å². The molecule has 0 spiro atoms. The van der Waals surface area contributed by atoms with Crippen LogP contribution in [0, 0.1) is 0 Å². The van der Waals surface area contributed by atoms with Crippen LogP contribution in [0.2, 0.25) is 0 Å². The topological polar surface area (TPSA) is 104 Å². The summed E-state index contributed by atoms with van der Waals surface area (Å²) in [6.07, 6.45) is 0.0984. The Hall–Kier alpha value is -1.92. The van der Waals surface area contributed by atoms with E-state index in [0.717, 1.165) is 0 Å². The van der Waals surface area contributed by atoms with Crippen molar-refractivity contribution in [3.63, 3.8) is 0 Å². The average molecular weight is 256 g/mol. The Morgan fingerprint density at radius 1 is 1.17 bits per heavy atom. The highest BCUT2D eigenvalue weighted by Crippen LogP contribution is 2.07. The van der Waals surface area contributed by atoms with Crippen LogP contribution in [0.25, 0.3) is 0 Å². The molecular formula is C12H16O6. The minimum Gasteiger partial charge on any atom is -0.478 e. The first kappa shape index (κ1) is 16.1. The lowest BCUT2D eigenvalue weighted by atomic mass is 10.1. The molecule has 3 N–H and O–H groups in total. The van der Waals surface area contributed by atoms with E-state index in [-0.39, 0.29) is 11.1 Å². The number of aliphatic hydroxyl groups is 1. The number of aromatic carboxylic acids is 2. The van der Waals surface area contributed by atoms with Crippen LogP contribution in [0.3, 0.4) is 0 Å². The van der Waals surface area contributed by atoms with Crippen LogP contribution in [0.4, 0.5) is 0 Å². The highest BCUT2D eigenvalue weighted by Gasteiger charge is 2.13. The third-order valence-electron chi connectivity index (χ3n) is 2.01. The molecule has 18 heavy (non-hydrogen) atoms. The largest absolute Gasteiger partial charge is 0.478 e. The van der Waals surface area contributed by atoms with E-state index < -0.39 is 18.2 Å². The van der Waals surface area contributed by atoms with Crippen LogP contribution in [0.15, 0.2) is 24.3 Å². The summed E-state index contributed by atoms with van der Waals surface area (Å²) in [5.74, 6) is -2.46. The lowest BCUT2D eigenvalue weighted by Crippen LogP contribution is -2.06. The standard InChI is InChI=1S/C8H6O4.C4H10O2/c9-7(10)5-3-1-2-4-6(5)8(11)12;1-3-4(5)6-2/h1-4H,(H,9,10)(H,11,12);4-5H,3H2,1-2H3. The number of benzene rings is 1. The maximum Gasteiger partial charge on any atom is 0.336 e. The second-order valence-corrected chi connectivity index (χ2v) is 3.25. The molecule has 6 nitrogen and oxygen atoms in total. The van der Waals surface area contributed by atoms with E-state index in [1.54, 1.807) is 0 Å². The van der Waals surface area contributed by atoms with Crippen LogP contribution < -0.4 is 0 Å². The van der Waals surface area contributed by atoms with E-state index >= 15 is 0 Å². The summed E-state index contributed by atoms with van der Waals surface area (Å²) in [6.45, 7) is 1.86.